The highest BCUT2D eigenvalue weighted by molar-refractivity contribution is 7.80. The van der Waals surface area contributed by atoms with Gasteiger partial charge in [-0.3, -0.25) is 0 Å². The second-order valence-corrected chi connectivity index (χ2v) is 2.52. The van der Waals surface area contributed by atoms with E-state index in [1.807, 2.05) is 6.92 Å². The number of aliphatic hydroxyl groups excluding tert-OH is 1. The molecule has 0 spiro atoms. The van der Waals surface area contributed by atoms with Crippen molar-refractivity contribution in [2.24, 2.45) is 0 Å². The molecular weight excluding hydrogens is 120 g/mol. The molecule has 0 fully saturated rings. The predicted octanol–water partition coefficient (Wildman–Crippen LogP) is 1.47. The Morgan fingerprint density at radius 2 is 2.12 bits per heavy atom. The van der Waals surface area contributed by atoms with Gasteiger partial charge in [0, 0.05) is 0 Å². The maximum atomic E-state index is 8.75. The summed E-state index contributed by atoms with van der Waals surface area (Å²) in [7, 11) is 0. The van der Waals surface area contributed by atoms with Gasteiger partial charge in [-0.2, -0.15) is 12.6 Å². The van der Waals surface area contributed by atoms with Gasteiger partial charge >= 0.3 is 0 Å². The van der Waals surface area contributed by atoms with E-state index in [1.54, 1.807) is 0 Å². The van der Waals surface area contributed by atoms with Crippen molar-refractivity contribution in [2.45, 2.75) is 32.3 Å². The first-order valence-corrected chi connectivity index (χ1v) is 3.69. The van der Waals surface area contributed by atoms with Crippen molar-refractivity contribution in [3.8, 4) is 0 Å². The number of thiol groups is 1. The van der Waals surface area contributed by atoms with Crippen molar-refractivity contribution in [3.63, 3.8) is 0 Å². The van der Waals surface area contributed by atoms with E-state index in [2.05, 4.69) is 12.6 Å². The van der Waals surface area contributed by atoms with Gasteiger partial charge < -0.3 is 5.11 Å². The number of hydrogen-bond donors (Lipinski definition) is 2. The van der Waals surface area contributed by atoms with E-state index in [1.165, 1.54) is 0 Å². The van der Waals surface area contributed by atoms with Crippen LogP contribution in [0.3, 0.4) is 0 Å². The molecule has 1 N–H and O–H groups in total. The van der Waals surface area contributed by atoms with Crippen LogP contribution in [-0.4, -0.2) is 17.0 Å². The molecule has 2 heteroatoms. The number of rotatable bonds is 4. The zero-order valence-electron chi connectivity index (χ0n) is 5.30. The standard InChI is InChI=1S/C6H14OS/c1-6(7)4-2-3-5-8/h6-8H,2-5H2,1H3. The molecule has 0 aromatic carbocycles. The third-order valence-electron chi connectivity index (χ3n) is 1.03. The van der Waals surface area contributed by atoms with Gasteiger partial charge in [-0.15, -0.1) is 0 Å². The van der Waals surface area contributed by atoms with E-state index in [0.717, 1.165) is 25.0 Å². The van der Waals surface area contributed by atoms with Crippen LogP contribution >= 0.6 is 12.6 Å². The summed E-state index contributed by atoms with van der Waals surface area (Å²) < 4.78 is 0. The van der Waals surface area contributed by atoms with E-state index < -0.39 is 0 Å². The Morgan fingerprint density at radius 1 is 1.50 bits per heavy atom. The number of unbranched alkanes of at least 4 members (excludes halogenated alkanes) is 1. The molecule has 50 valence electrons. The maximum Gasteiger partial charge on any atom is 0.0512 e. The molecule has 0 rings (SSSR count). The molecule has 8 heavy (non-hydrogen) atoms. The van der Waals surface area contributed by atoms with Crippen LogP contribution in [0.25, 0.3) is 0 Å². The van der Waals surface area contributed by atoms with Gasteiger partial charge in [0.1, 0.15) is 0 Å². The summed E-state index contributed by atoms with van der Waals surface area (Å²) in [6.07, 6.45) is 3.00. The topological polar surface area (TPSA) is 20.2 Å². The predicted molar refractivity (Wildman–Crippen MR) is 39.4 cm³/mol. The summed E-state index contributed by atoms with van der Waals surface area (Å²) in [5.74, 6) is 0.937. The van der Waals surface area contributed by atoms with Crippen LogP contribution in [0.5, 0.6) is 0 Å². The largest absolute Gasteiger partial charge is 0.393 e. The van der Waals surface area contributed by atoms with Gasteiger partial charge in [0.25, 0.3) is 0 Å². The Bertz CT molecular complexity index is 45.8. The molecule has 0 aromatic heterocycles. The van der Waals surface area contributed by atoms with E-state index >= 15 is 0 Å². The molecule has 1 atom stereocenters. The van der Waals surface area contributed by atoms with E-state index in [0.29, 0.717) is 0 Å². The van der Waals surface area contributed by atoms with Gasteiger partial charge in [0.2, 0.25) is 0 Å². The van der Waals surface area contributed by atoms with Crippen molar-refractivity contribution in [3.05, 3.63) is 0 Å². The summed E-state index contributed by atoms with van der Waals surface area (Å²) in [6.45, 7) is 1.82. The van der Waals surface area contributed by atoms with Crippen LogP contribution in [0, 0.1) is 0 Å². The normalized spacial score (nSPS) is 13.9. The fourth-order valence-corrected chi connectivity index (χ4v) is 0.775. The minimum Gasteiger partial charge on any atom is -0.393 e. The Labute approximate surface area is 56.5 Å². The van der Waals surface area contributed by atoms with Crippen LogP contribution < -0.4 is 0 Å². The van der Waals surface area contributed by atoms with Crippen molar-refractivity contribution in [1.29, 1.82) is 0 Å². The second kappa shape index (κ2) is 5.45. The average molecular weight is 134 g/mol. The molecule has 0 bridgehead atoms. The van der Waals surface area contributed by atoms with E-state index in [9.17, 15) is 0 Å². The lowest BCUT2D eigenvalue weighted by atomic mass is 10.2. The van der Waals surface area contributed by atoms with Gasteiger partial charge in [-0.05, 0) is 25.5 Å². The third-order valence-corrected chi connectivity index (χ3v) is 1.35. The van der Waals surface area contributed by atoms with E-state index in [-0.39, 0.29) is 6.10 Å². The van der Waals surface area contributed by atoms with Crippen LogP contribution in [0.4, 0.5) is 0 Å². The molecule has 0 aromatic rings. The Balaban J connectivity index is 2.72. The Morgan fingerprint density at radius 3 is 2.50 bits per heavy atom. The summed E-state index contributed by atoms with van der Waals surface area (Å²) in [5, 5.41) is 8.75. The summed E-state index contributed by atoms with van der Waals surface area (Å²) >= 11 is 4.04. The van der Waals surface area contributed by atoms with Gasteiger partial charge in [0.15, 0.2) is 0 Å². The van der Waals surface area contributed by atoms with Crippen molar-refractivity contribution in [1.82, 2.24) is 0 Å². The van der Waals surface area contributed by atoms with Crippen LogP contribution in [-0.2, 0) is 0 Å². The lowest BCUT2D eigenvalue weighted by Gasteiger charge is -1.99. The molecule has 0 saturated heterocycles. The Kier molecular flexibility index (Phi) is 5.66. The molecule has 0 saturated carbocycles. The van der Waals surface area contributed by atoms with Crippen LogP contribution in [0.1, 0.15) is 26.2 Å². The molecule has 1 nitrogen and oxygen atoms in total. The first-order valence-electron chi connectivity index (χ1n) is 3.06. The van der Waals surface area contributed by atoms with E-state index in [4.69, 9.17) is 5.11 Å². The minimum absolute atomic E-state index is 0.130. The molecule has 0 heterocycles. The summed E-state index contributed by atoms with van der Waals surface area (Å²) in [4.78, 5) is 0. The molecule has 0 radical (unpaired) electrons. The quantitative estimate of drug-likeness (QED) is 0.440. The zero-order chi connectivity index (χ0) is 6.41. The van der Waals surface area contributed by atoms with Crippen LogP contribution in [0.2, 0.25) is 0 Å². The first-order chi connectivity index (χ1) is 3.77. The Hall–Kier alpha value is 0.310. The van der Waals surface area contributed by atoms with Crippen molar-refractivity contribution >= 4 is 12.6 Å². The molecule has 1 unspecified atom stereocenters. The fraction of sp³-hybridized carbons (Fsp3) is 1.00. The zero-order valence-corrected chi connectivity index (χ0v) is 6.19. The first kappa shape index (κ1) is 8.31. The molecule has 0 amide bonds. The maximum absolute atomic E-state index is 8.75. The highest BCUT2D eigenvalue weighted by Crippen LogP contribution is 1.99. The lowest BCUT2D eigenvalue weighted by Crippen LogP contribution is -1.98. The van der Waals surface area contributed by atoms with Gasteiger partial charge in [-0.1, -0.05) is 6.42 Å². The van der Waals surface area contributed by atoms with Crippen molar-refractivity contribution < 1.29 is 5.11 Å². The molecular formula is C6H14OS. The van der Waals surface area contributed by atoms with Gasteiger partial charge in [0.05, 0.1) is 6.10 Å². The smallest absolute Gasteiger partial charge is 0.0512 e. The second-order valence-electron chi connectivity index (χ2n) is 2.07. The lowest BCUT2D eigenvalue weighted by molar-refractivity contribution is 0.181. The molecule has 0 aliphatic carbocycles. The summed E-state index contributed by atoms with van der Waals surface area (Å²) in [6, 6.07) is 0. The average Bonchev–Trinajstić information content (AvgIpc) is 1.66. The number of hydrogen-bond acceptors (Lipinski definition) is 2. The van der Waals surface area contributed by atoms with Crippen molar-refractivity contribution in [2.75, 3.05) is 5.75 Å². The molecule has 0 aliphatic rings. The number of aliphatic hydroxyl groups is 1. The highest BCUT2D eigenvalue weighted by atomic mass is 32.1. The van der Waals surface area contributed by atoms with Crippen LogP contribution in [0.15, 0.2) is 0 Å². The minimum atomic E-state index is -0.130. The SMILES string of the molecule is CC(O)CCCCS. The third kappa shape index (κ3) is 6.31. The molecule has 0 aliphatic heterocycles. The highest BCUT2D eigenvalue weighted by Gasteiger charge is 1.92. The monoisotopic (exact) mass is 134 g/mol. The fourth-order valence-electron chi connectivity index (χ4n) is 0.552. The summed E-state index contributed by atoms with van der Waals surface area (Å²) in [5.41, 5.74) is 0. The van der Waals surface area contributed by atoms with Gasteiger partial charge in [-0.25, -0.2) is 0 Å².